The van der Waals surface area contributed by atoms with Gasteiger partial charge in [-0.2, -0.15) is 0 Å². The Kier molecular flexibility index (Phi) is 17.4. The minimum Gasteiger partial charge on any atom is -0.455 e. The summed E-state index contributed by atoms with van der Waals surface area (Å²) in [6, 6.07) is 15.7. The molecule has 0 aromatic heterocycles. The molecular weight excluding hydrogens is 939 g/mol. The second-order valence-electron chi connectivity index (χ2n) is 21.1. The highest BCUT2D eigenvalue weighted by molar-refractivity contribution is 8.76. The molecule has 1 amide bonds. The minimum absolute atomic E-state index is 0.0465. The van der Waals surface area contributed by atoms with Crippen LogP contribution in [0.5, 0.6) is 0 Å². The molecule has 6 rings (SSSR count). The normalized spacial score (nSPS) is 28.9. The van der Waals surface area contributed by atoms with E-state index in [4.69, 9.17) is 33.2 Å². The van der Waals surface area contributed by atoms with Crippen molar-refractivity contribution in [1.29, 1.82) is 0 Å². The summed E-state index contributed by atoms with van der Waals surface area (Å²) >= 11 is 0. The van der Waals surface area contributed by atoms with Crippen LogP contribution in [0.3, 0.4) is 0 Å². The van der Waals surface area contributed by atoms with E-state index in [9.17, 15) is 24.3 Å². The lowest BCUT2D eigenvalue weighted by molar-refractivity contribution is -0.339. The maximum absolute atomic E-state index is 15.8. The van der Waals surface area contributed by atoms with Crippen molar-refractivity contribution < 1.29 is 67.0 Å². The van der Waals surface area contributed by atoms with Crippen LogP contribution < -0.4 is 5.32 Å². The number of fused-ring (bicyclic) bond motifs is 5. The number of hydrogen-bond donors (Lipinski definition) is 2. The van der Waals surface area contributed by atoms with Crippen LogP contribution in [0.2, 0.25) is 0 Å². The molecule has 3 aliphatic carbocycles. The Morgan fingerprint density at radius 1 is 0.957 bits per heavy atom. The summed E-state index contributed by atoms with van der Waals surface area (Å²) in [5, 5.41) is 15.1. The van der Waals surface area contributed by atoms with E-state index in [-0.39, 0.29) is 51.2 Å². The molecule has 2 aromatic rings. The van der Waals surface area contributed by atoms with Crippen molar-refractivity contribution >= 4 is 57.3 Å². The van der Waals surface area contributed by atoms with E-state index in [1.165, 1.54) is 28.5 Å². The van der Waals surface area contributed by atoms with E-state index in [1.807, 2.05) is 82.5 Å². The van der Waals surface area contributed by atoms with Crippen molar-refractivity contribution in [2.45, 2.75) is 174 Å². The monoisotopic (exact) mass is 1010 g/mol. The smallest absolute Gasteiger partial charge is 0.408 e. The van der Waals surface area contributed by atoms with Crippen LogP contribution >= 0.6 is 21.6 Å². The number of nitrogens with one attached hydrogen (secondary N) is 1. The van der Waals surface area contributed by atoms with Gasteiger partial charge in [-0.15, -0.1) is 0 Å². The van der Waals surface area contributed by atoms with Gasteiger partial charge in [-0.05, 0) is 99.3 Å². The second-order valence-corrected chi connectivity index (χ2v) is 23.6. The third kappa shape index (κ3) is 11.6. The van der Waals surface area contributed by atoms with Crippen LogP contribution in [-0.2, 0) is 70.2 Å². The molecule has 0 spiro atoms. The Balaban J connectivity index is 1.51. The molecule has 15 nitrogen and oxygen atoms in total. The predicted molar refractivity (Wildman–Crippen MR) is 263 cm³/mol. The predicted octanol–water partition coefficient (Wildman–Crippen LogP) is 8.30. The number of ether oxygens (including phenoxy) is 7. The number of rotatable bonds is 17. The average Bonchev–Trinajstić information content (AvgIpc) is 3.27. The maximum Gasteiger partial charge on any atom is 0.408 e. The molecule has 384 valence electrons. The van der Waals surface area contributed by atoms with E-state index in [0.29, 0.717) is 16.7 Å². The molecule has 1 aliphatic heterocycles. The number of aliphatic hydroxyl groups excluding tert-OH is 1. The zero-order valence-electron chi connectivity index (χ0n) is 42.5. The van der Waals surface area contributed by atoms with Crippen molar-refractivity contribution in [3.8, 4) is 0 Å². The van der Waals surface area contributed by atoms with Gasteiger partial charge in [0.2, 0.25) is 6.10 Å². The molecule has 3 fully saturated rings. The van der Waals surface area contributed by atoms with Gasteiger partial charge >= 0.3 is 30.0 Å². The summed E-state index contributed by atoms with van der Waals surface area (Å²) in [7, 11) is 2.99. The van der Waals surface area contributed by atoms with Crippen LogP contribution in [0.15, 0.2) is 70.6 Å². The molecular formula is C53H71NO14S2. The Labute approximate surface area is 419 Å². The number of amides is 1. The number of alkyl carbamates (subject to hydrolysis) is 1. The Bertz CT molecular complexity index is 2290. The number of Topliss-reactive ketones (excluding diaryl/α,β-unsaturated/α-hetero) is 1. The highest BCUT2D eigenvalue weighted by atomic mass is 33.1. The highest BCUT2D eigenvalue weighted by Crippen LogP contribution is 2.63. The van der Waals surface area contributed by atoms with Gasteiger partial charge in [-0.25, -0.2) is 9.59 Å². The van der Waals surface area contributed by atoms with Crippen LogP contribution in [-0.4, -0.2) is 108 Å². The first-order chi connectivity index (χ1) is 32.9. The third-order valence-electron chi connectivity index (χ3n) is 14.3. The number of esters is 4. The highest BCUT2D eigenvalue weighted by Gasteiger charge is 2.75. The summed E-state index contributed by atoms with van der Waals surface area (Å²) in [5.74, 6) is -5.52. The number of carbonyl (C=O) groups excluding carboxylic acids is 6. The van der Waals surface area contributed by atoms with Gasteiger partial charge in [0.25, 0.3) is 0 Å². The van der Waals surface area contributed by atoms with Gasteiger partial charge in [0.05, 0.1) is 43.3 Å². The molecule has 1 heterocycles. The standard InChI is InChI=1S/C53H71NO14S2/c1-13-40(57)65-45-42-30(4)36(64-48(60)44(35(23-29(2)3)54-49(61)68-50(6,7)8)66-41(58)24-33-21-17-18-22-37(33)70-69-12)25-34(51(42,9)10)43(62-27-32-19-15-14-16-20-32)46-52(11,47(45)59)38(56)26-39-53(46,28-63-39)67-31(5)55/h14-22,29,34-36,38-39,43-46,56H,13,23-28H2,1-12H3,(H,54,61)/t34?,35-,36-,38-,39+,43+,44+,45?,46?,52+,53-/m0/s1. The fraction of sp³-hybridized carbons (Fsp3) is 0.623. The lowest BCUT2D eigenvalue weighted by Crippen LogP contribution is -2.79. The lowest BCUT2D eigenvalue weighted by Gasteiger charge is -2.66. The van der Waals surface area contributed by atoms with E-state index in [2.05, 4.69) is 5.32 Å². The van der Waals surface area contributed by atoms with Gasteiger partial charge in [0.15, 0.2) is 17.5 Å². The lowest BCUT2D eigenvalue weighted by atomic mass is 9.46. The molecule has 11 atom stereocenters. The fourth-order valence-corrected chi connectivity index (χ4v) is 12.7. The molecule has 70 heavy (non-hydrogen) atoms. The van der Waals surface area contributed by atoms with Crippen LogP contribution in [0, 0.1) is 28.6 Å². The molecule has 0 radical (unpaired) electrons. The number of ketones is 1. The Morgan fingerprint density at radius 3 is 2.23 bits per heavy atom. The average molecular weight is 1010 g/mol. The first-order valence-electron chi connectivity index (χ1n) is 24.2. The molecule has 2 aromatic carbocycles. The van der Waals surface area contributed by atoms with Crippen molar-refractivity contribution in [3.05, 3.63) is 76.9 Å². The van der Waals surface area contributed by atoms with Gasteiger partial charge < -0.3 is 43.6 Å². The number of aliphatic hydroxyl groups is 1. The summed E-state index contributed by atoms with van der Waals surface area (Å²) in [5.41, 5.74) is -2.86. The zero-order valence-corrected chi connectivity index (χ0v) is 44.1. The zero-order chi connectivity index (χ0) is 51.5. The van der Waals surface area contributed by atoms with Crippen LogP contribution in [0.1, 0.15) is 113 Å². The van der Waals surface area contributed by atoms with Gasteiger partial charge in [-0.1, -0.05) is 105 Å². The SMILES string of the molecule is CCC(=O)OC1C(=O)[C@@]2(C)C([C@H](OCc3ccccc3)C3C[C@H](OC(=O)[C@H](OC(=O)Cc4ccccc4SSC)[C@H](CC(C)C)NC(=O)OC(C)(C)C)C(C)=C1C3(C)C)[C@]1(OC(C)=O)CO[C@@H]1C[C@@H]2O. The third-order valence-corrected chi connectivity index (χ3v) is 16.1. The summed E-state index contributed by atoms with van der Waals surface area (Å²) in [6.07, 6.45) is -6.53. The van der Waals surface area contributed by atoms with E-state index in [0.717, 1.165) is 10.5 Å². The van der Waals surface area contributed by atoms with Gasteiger partial charge in [-0.3, -0.25) is 19.2 Å². The molecule has 4 aliphatic rings. The summed E-state index contributed by atoms with van der Waals surface area (Å²) in [6.45, 7) is 18.9. The second kappa shape index (κ2) is 22.1. The van der Waals surface area contributed by atoms with Crippen LogP contribution in [0.25, 0.3) is 0 Å². The minimum atomic E-state index is -1.73. The largest absolute Gasteiger partial charge is 0.455 e. The van der Waals surface area contributed by atoms with Crippen LogP contribution in [0.4, 0.5) is 4.79 Å². The summed E-state index contributed by atoms with van der Waals surface area (Å²) < 4.78 is 43.9. The number of hydrogen-bond acceptors (Lipinski definition) is 16. The van der Waals surface area contributed by atoms with E-state index < -0.39 is 112 Å². The topological polar surface area (TPSA) is 199 Å². The number of benzene rings is 2. The van der Waals surface area contributed by atoms with Crippen molar-refractivity contribution in [1.82, 2.24) is 5.32 Å². The quantitative estimate of drug-likeness (QED) is 0.0663. The van der Waals surface area contributed by atoms with Crippen molar-refractivity contribution in [3.63, 3.8) is 0 Å². The summed E-state index contributed by atoms with van der Waals surface area (Å²) in [4.78, 5) is 86.1. The van der Waals surface area contributed by atoms with Crippen molar-refractivity contribution in [2.24, 2.45) is 28.6 Å². The van der Waals surface area contributed by atoms with Crippen molar-refractivity contribution in [2.75, 3.05) is 12.9 Å². The molecule has 1 saturated heterocycles. The van der Waals surface area contributed by atoms with Gasteiger partial charge in [0.1, 0.15) is 17.8 Å². The molecule has 3 unspecified atom stereocenters. The van der Waals surface area contributed by atoms with E-state index >= 15 is 9.59 Å². The molecule has 2 saturated carbocycles. The molecule has 2 N–H and O–H groups in total. The molecule has 2 bridgehead atoms. The number of carbonyl (C=O) groups is 6. The van der Waals surface area contributed by atoms with Gasteiger partial charge in [0, 0.05) is 30.6 Å². The molecule has 17 heteroatoms. The maximum atomic E-state index is 15.8. The Hall–Kier alpha value is -4.42. The Morgan fingerprint density at radius 2 is 1.63 bits per heavy atom. The fourth-order valence-electron chi connectivity index (χ4n) is 11.1. The first-order valence-corrected chi connectivity index (χ1v) is 26.7. The van der Waals surface area contributed by atoms with E-state index in [1.54, 1.807) is 47.6 Å². The first kappa shape index (κ1) is 54.9.